The maximum absolute atomic E-state index is 10.8. The van der Waals surface area contributed by atoms with Gasteiger partial charge in [0.1, 0.15) is 0 Å². The number of carbonyl (C=O) groups excluding carboxylic acids is 2. The number of hydroxylamine groups is 1. The van der Waals surface area contributed by atoms with Crippen molar-refractivity contribution in [3.63, 3.8) is 0 Å². The molecule has 0 aliphatic carbocycles. The van der Waals surface area contributed by atoms with E-state index in [-0.39, 0.29) is 18.9 Å². The van der Waals surface area contributed by atoms with E-state index in [2.05, 4.69) is 5.32 Å². The number of amides is 2. The van der Waals surface area contributed by atoms with Gasteiger partial charge in [0, 0.05) is 19.4 Å². The molecule has 0 rings (SSSR count). The summed E-state index contributed by atoms with van der Waals surface area (Å²) in [6, 6.07) is 0. The summed E-state index contributed by atoms with van der Waals surface area (Å²) in [7, 11) is 0. The van der Waals surface area contributed by atoms with Gasteiger partial charge in [-0.1, -0.05) is 6.92 Å². The Labute approximate surface area is 71.1 Å². The fraction of sp³-hybridized carbons (Fsp3) is 0.714. The van der Waals surface area contributed by atoms with E-state index in [0.717, 1.165) is 6.42 Å². The zero-order chi connectivity index (χ0) is 9.40. The van der Waals surface area contributed by atoms with Gasteiger partial charge in [0.15, 0.2) is 0 Å². The van der Waals surface area contributed by atoms with Crippen molar-refractivity contribution >= 4 is 11.8 Å². The molecule has 3 N–H and O–H groups in total. The first kappa shape index (κ1) is 10.9. The van der Waals surface area contributed by atoms with Crippen molar-refractivity contribution < 1.29 is 14.8 Å². The second-order valence-corrected chi connectivity index (χ2v) is 2.38. The lowest BCUT2D eigenvalue weighted by atomic mass is 10.3. The first-order chi connectivity index (χ1) is 5.70. The molecule has 0 radical (unpaired) electrons. The van der Waals surface area contributed by atoms with Gasteiger partial charge < -0.3 is 5.32 Å². The van der Waals surface area contributed by atoms with Crippen molar-refractivity contribution in [2.75, 3.05) is 6.54 Å². The average molecular weight is 174 g/mol. The van der Waals surface area contributed by atoms with Crippen LogP contribution < -0.4 is 10.8 Å². The van der Waals surface area contributed by atoms with Crippen molar-refractivity contribution in [3.8, 4) is 0 Å². The second kappa shape index (κ2) is 6.60. The highest BCUT2D eigenvalue weighted by Gasteiger charge is 2.01. The molecular weight excluding hydrogens is 160 g/mol. The average Bonchev–Trinajstić information content (AvgIpc) is 2.04. The summed E-state index contributed by atoms with van der Waals surface area (Å²) in [5, 5.41) is 10.6. The zero-order valence-corrected chi connectivity index (χ0v) is 7.09. The van der Waals surface area contributed by atoms with Crippen molar-refractivity contribution in [1.29, 1.82) is 0 Å². The van der Waals surface area contributed by atoms with E-state index in [1.807, 2.05) is 6.92 Å². The van der Waals surface area contributed by atoms with Crippen LogP contribution in [-0.2, 0) is 9.59 Å². The van der Waals surface area contributed by atoms with Gasteiger partial charge in [0.05, 0.1) is 0 Å². The quantitative estimate of drug-likeness (QED) is 0.399. The Bertz CT molecular complexity index is 159. The highest BCUT2D eigenvalue weighted by molar-refractivity contribution is 5.78. The van der Waals surface area contributed by atoms with Crippen LogP contribution in [0.2, 0.25) is 0 Å². The molecular formula is C7H14N2O3. The fourth-order valence-corrected chi connectivity index (χ4v) is 0.687. The molecule has 0 aliphatic heterocycles. The van der Waals surface area contributed by atoms with E-state index in [0.29, 0.717) is 6.42 Å². The summed E-state index contributed by atoms with van der Waals surface area (Å²) in [4.78, 5) is 21.2. The molecule has 12 heavy (non-hydrogen) atoms. The predicted octanol–water partition coefficient (Wildman–Crippen LogP) is -0.202. The molecule has 5 nitrogen and oxygen atoms in total. The maximum atomic E-state index is 10.8. The molecule has 0 saturated heterocycles. The number of hydrogen-bond donors (Lipinski definition) is 3. The molecule has 5 heteroatoms. The minimum atomic E-state index is -0.494. The van der Waals surface area contributed by atoms with Crippen molar-refractivity contribution in [2.45, 2.75) is 26.2 Å². The van der Waals surface area contributed by atoms with E-state index in [1.54, 1.807) is 0 Å². The van der Waals surface area contributed by atoms with Crippen LogP contribution in [0.25, 0.3) is 0 Å². The van der Waals surface area contributed by atoms with Gasteiger partial charge in [-0.25, -0.2) is 5.48 Å². The fourth-order valence-electron chi connectivity index (χ4n) is 0.687. The number of hydrogen-bond acceptors (Lipinski definition) is 3. The maximum Gasteiger partial charge on any atom is 0.245 e. The van der Waals surface area contributed by atoms with Crippen LogP contribution in [0, 0.1) is 0 Å². The number of rotatable bonds is 5. The van der Waals surface area contributed by atoms with Gasteiger partial charge in [0.2, 0.25) is 11.8 Å². The third-order valence-electron chi connectivity index (χ3n) is 1.28. The third-order valence-corrected chi connectivity index (χ3v) is 1.28. The van der Waals surface area contributed by atoms with E-state index < -0.39 is 5.91 Å². The lowest BCUT2D eigenvalue weighted by Gasteiger charge is -2.01. The Morgan fingerprint density at radius 1 is 1.25 bits per heavy atom. The van der Waals surface area contributed by atoms with E-state index in [9.17, 15) is 9.59 Å². The number of carbonyl (C=O) groups is 2. The zero-order valence-electron chi connectivity index (χ0n) is 7.09. The van der Waals surface area contributed by atoms with E-state index >= 15 is 0 Å². The molecule has 0 aromatic rings. The van der Waals surface area contributed by atoms with Crippen LogP contribution >= 0.6 is 0 Å². The van der Waals surface area contributed by atoms with Gasteiger partial charge in [-0.05, 0) is 6.42 Å². The highest BCUT2D eigenvalue weighted by atomic mass is 16.5. The minimum Gasteiger partial charge on any atom is -0.356 e. The van der Waals surface area contributed by atoms with E-state index in [1.165, 1.54) is 5.48 Å². The Morgan fingerprint density at radius 2 is 1.92 bits per heavy atom. The number of nitrogens with one attached hydrogen (secondary N) is 2. The van der Waals surface area contributed by atoms with Crippen molar-refractivity contribution in [2.24, 2.45) is 0 Å². The van der Waals surface area contributed by atoms with Crippen LogP contribution in [-0.4, -0.2) is 23.6 Å². The topological polar surface area (TPSA) is 78.4 Å². The Hall–Kier alpha value is -1.10. The summed E-state index contributed by atoms with van der Waals surface area (Å²) in [6.45, 7) is 2.17. The minimum absolute atomic E-state index is 0.0664. The smallest absolute Gasteiger partial charge is 0.245 e. The van der Waals surface area contributed by atoms with Gasteiger partial charge in [-0.2, -0.15) is 0 Å². The summed E-state index contributed by atoms with van der Waals surface area (Å²) in [5.41, 5.74) is 1.48. The monoisotopic (exact) mass is 174 g/mol. The van der Waals surface area contributed by atoms with Crippen LogP contribution in [0.4, 0.5) is 0 Å². The molecule has 0 saturated carbocycles. The Balaban J connectivity index is 3.30. The normalized spacial score (nSPS) is 9.17. The van der Waals surface area contributed by atoms with Crippen LogP contribution in [0.15, 0.2) is 0 Å². The molecule has 0 aliphatic rings. The first-order valence-corrected chi connectivity index (χ1v) is 3.90. The molecule has 0 aromatic carbocycles. The van der Waals surface area contributed by atoms with E-state index in [4.69, 9.17) is 5.21 Å². The predicted molar refractivity (Wildman–Crippen MR) is 42.5 cm³/mol. The summed E-state index contributed by atoms with van der Waals surface area (Å²) < 4.78 is 0. The highest BCUT2D eigenvalue weighted by Crippen LogP contribution is 1.85. The summed E-state index contributed by atoms with van der Waals surface area (Å²) >= 11 is 0. The molecule has 0 heterocycles. The second-order valence-electron chi connectivity index (χ2n) is 2.38. The summed E-state index contributed by atoms with van der Waals surface area (Å²) in [6.07, 6.45) is 1.37. The molecule has 0 spiro atoms. The Kier molecular flexibility index (Phi) is 6.00. The standard InChI is InChI=1S/C7H14N2O3/c1-2-3-6(10)8-5-4-7(11)9-12/h12H,2-5H2,1H3,(H,8,10)(H,9,11). The molecule has 0 atom stereocenters. The SMILES string of the molecule is CCCC(=O)NCCC(=O)NO. The molecule has 0 bridgehead atoms. The first-order valence-electron chi connectivity index (χ1n) is 3.90. The lowest BCUT2D eigenvalue weighted by Crippen LogP contribution is -2.29. The Morgan fingerprint density at radius 3 is 2.42 bits per heavy atom. The molecule has 70 valence electrons. The third kappa shape index (κ3) is 5.67. The van der Waals surface area contributed by atoms with Gasteiger partial charge >= 0.3 is 0 Å². The largest absolute Gasteiger partial charge is 0.356 e. The molecule has 2 amide bonds. The van der Waals surface area contributed by atoms with Gasteiger partial charge in [-0.15, -0.1) is 0 Å². The molecule has 0 aromatic heterocycles. The van der Waals surface area contributed by atoms with Gasteiger partial charge in [-0.3, -0.25) is 14.8 Å². The van der Waals surface area contributed by atoms with Gasteiger partial charge in [0.25, 0.3) is 0 Å². The lowest BCUT2D eigenvalue weighted by molar-refractivity contribution is -0.129. The van der Waals surface area contributed by atoms with Crippen LogP contribution in [0.5, 0.6) is 0 Å². The molecule has 0 unspecified atom stereocenters. The summed E-state index contributed by atoms with van der Waals surface area (Å²) in [5.74, 6) is -0.560. The van der Waals surface area contributed by atoms with Crippen LogP contribution in [0.3, 0.4) is 0 Å². The van der Waals surface area contributed by atoms with Crippen molar-refractivity contribution in [1.82, 2.24) is 10.8 Å². The molecule has 0 fully saturated rings. The van der Waals surface area contributed by atoms with Crippen molar-refractivity contribution in [3.05, 3.63) is 0 Å². The van der Waals surface area contributed by atoms with Crippen LogP contribution in [0.1, 0.15) is 26.2 Å².